The standard InChI is InChI=1S/C12H10F3N5O2/c13-12(14,15)11-18-9(19-22-11)7-1-4-20(6-7)10(21)8-5-16-2-3-17-8/h2-3,5,7H,1,4,6H2. The van der Waals surface area contributed by atoms with E-state index in [2.05, 4.69) is 24.6 Å². The third-order valence-electron chi connectivity index (χ3n) is 3.31. The number of alkyl halides is 3. The first kappa shape index (κ1) is 14.4. The number of carbonyl (C=O) groups is 1. The maximum absolute atomic E-state index is 12.4. The Hall–Kier alpha value is -2.52. The summed E-state index contributed by atoms with van der Waals surface area (Å²) >= 11 is 0. The molecule has 2 aromatic heterocycles. The molecule has 0 aliphatic carbocycles. The highest BCUT2D eigenvalue weighted by Crippen LogP contribution is 2.31. The molecule has 1 aliphatic rings. The van der Waals surface area contributed by atoms with E-state index < -0.39 is 12.1 Å². The fraction of sp³-hybridized carbons (Fsp3) is 0.417. The van der Waals surface area contributed by atoms with Crippen LogP contribution in [0.1, 0.15) is 34.5 Å². The summed E-state index contributed by atoms with van der Waals surface area (Å²) in [7, 11) is 0. The number of likely N-dealkylation sites (tertiary alicyclic amines) is 1. The Morgan fingerprint density at radius 1 is 1.36 bits per heavy atom. The number of amides is 1. The number of hydrogen-bond donors (Lipinski definition) is 0. The van der Waals surface area contributed by atoms with Gasteiger partial charge in [0.25, 0.3) is 5.91 Å². The van der Waals surface area contributed by atoms with Crippen molar-refractivity contribution in [1.29, 1.82) is 0 Å². The van der Waals surface area contributed by atoms with E-state index in [1.807, 2.05) is 0 Å². The van der Waals surface area contributed by atoms with Crippen LogP contribution in [0.3, 0.4) is 0 Å². The Kier molecular flexibility index (Phi) is 3.51. The minimum Gasteiger partial charge on any atom is -0.337 e. The average Bonchev–Trinajstić information content (AvgIpc) is 3.15. The molecule has 0 aromatic carbocycles. The molecule has 1 unspecified atom stereocenters. The van der Waals surface area contributed by atoms with Crippen LogP contribution in [0.25, 0.3) is 0 Å². The molecular weight excluding hydrogens is 303 g/mol. The summed E-state index contributed by atoms with van der Waals surface area (Å²) in [5.41, 5.74) is 0.187. The molecule has 1 fully saturated rings. The van der Waals surface area contributed by atoms with Gasteiger partial charge in [-0.3, -0.25) is 9.78 Å². The Morgan fingerprint density at radius 2 is 2.18 bits per heavy atom. The van der Waals surface area contributed by atoms with E-state index >= 15 is 0 Å². The molecule has 1 aliphatic heterocycles. The van der Waals surface area contributed by atoms with Crippen molar-refractivity contribution in [2.24, 2.45) is 0 Å². The lowest BCUT2D eigenvalue weighted by atomic mass is 10.1. The molecule has 7 nitrogen and oxygen atoms in total. The minimum atomic E-state index is -4.67. The second-order valence-electron chi connectivity index (χ2n) is 4.78. The maximum Gasteiger partial charge on any atom is 0.471 e. The predicted octanol–water partition coefficient (Wildman–Crippen LogP) is 1.51. The highest BCUT2D eigenvalue weighted by atomic mass is 19.4. The summed E-state index contributed by atoms with van der Waals surface area (Å²) in [6, 6.07) is 0. The molecule has 116 valence electrons. The normalized spacial score (nSPS) is 18.7. The van der Waals surface area contributed by atoms with Crippen molar-refractivity contribution in [2.75, 3.05) is 13.1 Å². The van der Waals surface area contributed by atoms with Crippen molar-refractivity contribution in [3.05, 3.63) is 36.0 Å². The smallest absolute Gasteiger partial charge is 0.337 e. The van der Waals surface area contributed by atoms with Crippen LogP contribution in [0.15, 0.2) is 23.1 Å². The lowest BCUT2D eigenvalue weighted by Crippen LogP contribution is -2.29. The van der Waals surface area contributed by atoms with Gasteiger partial charge in [0, 0.05) is 31.4 Å². The van der Waals surface area contributed by atoms with Crippen LogP contribution >= 0.6 is 0 Å². The molecule has 3 heterocycles. The molecule has 1 amide bonds. The van der Waals surface area contributed by atoms with Crippen molar-refractivity contribution in [1.82, 2.24) is 25.0 Å². The van der Waals surface area contributed by atoms with Crippen LogP contribution < -0.4 is 0 Å². The number of halogens is 3. The SMILES string of the molecule is O=C(c1cnccn1)N1CCC(c2noc(C(F)(F)F)n2)C1. The first-order valence-electron chi connectivity index (χ1n) is 6.41. The van der Waals surface area contributed by atoms with Gasteiger partial charge in [0.05, 0.1) is 6.20 Å². The number of aromatic nitrogens is 4. The summed E-state index contributed by atoms with van der Waals surface area (Å²) < 4.78 is 41.5. The zero-order valence-corrected chi connectivity index (χ0v) is 11.1. The van der Waals surface area contributed by atoms with E-state index in [9.17, 15) is 18.0 Å². The van der Waals surface area contributed by atoms with Crippen molar-refractivity contribution in [2.45, 2.75) is 18.5 Å². The van der Waals surface area contributed by atoms with Gasteiger partial charge in [-0.25, -0.2) is 4.98 Å². The van der Waals surface area contributed by atoms with Gasteiger partial charge in [0.15, 0.2) is 5.82 Å². The van der Waals surface area contributed by atoms with Crippen LogP contribution in [-0.2, 0) is 6.18 Å². The molecular formula is C12H10F3N5O2. The highest BCUT2D eigenvalue weighted by molar-refractivity contribution is 5.92. The Bertz CT molecular complexity index is 673. The van der Waals surface area contributed by atoms with E-state index in [0.717, 1.165) is 0 Å². The molecule has 3 rings (SSSR count). The summed E-state index contributed by atoms with van der Waals surface area (Å²) in [4.78, 5) is 24.7. The van der Waals surface area contributed by atoms with Gasteiger partial charge >= 0.3 is 12.1 Å². The van der Waals surface area contributed by atoms with Crippen molar-refractivity contribution >= 4 is 5.91 Å². The third-order valence-corrected chi connectivity index (χ3v) is 3.31. The highest BCUT2D eigenvalue weighted by Gasteiger charge is 2.40. The van der Waals surface area contributed by atoms with Gasteiger partial charge < -0.3 is 9.42 Å². The maximum atomic E-state index is 12.4. The molecule has 1 atom stereocenters. The Morgan fingerprint density at radius 3 is 2.82 bits per heavy atom. The van der Waals surface area contributed by atoms with Gasteiger partial charge in [-0.2, -0.15) is 18.2 Å². The summed E-state index contributed by atoms with van der Waals surface area (Å²) in [6.45, 7) is 0.599. The molecule has 0 saturated carbocycles. The number of nitrogens with zero attached hydrogens (tertiary/aromatic N) is 5. The van der Waals surface area contributed by atoms with Crippen molar-refractivity contribution in [3.63, 3.8) is 0 Å². The molecule has 0 radical (unpaired) electrons. The lowest BCUT2D eigenvalue weighted by Gasteiger charge is -2.14. The monoisotopic (exact) mass is 313 g/mol. The summed E-state index contributed by atoms with van der Waals surface area (Å²) in [6.07, 6.45) is -0.0231. The Balaban J connectivity index is 1.70. The number of carbonyl (C=O) groups excluding carboxylic acids is 1. The van der Waals surface area contributed by atoms with Crippen molar-refractivity contribution < 1.29 is 22.5 Å². The van der Waals surface area contributed by atoms with Gasteiger partial charge in [-0.15, -0.1) is 0 Å². The zero-order chi connectivity index (χ0) is 15.7. The molecule has 22 heavy (non-hydrogen) atoms. The fourth-order valence-corrected chi connectivity index (χ4v) is 2.24. The number of rotatable bonds is 2. The van der Waals surface area contributed by atoms with E-state index in [4.69, 9.17) is 0 Å². The van der Waals surface area contributed by atoms with Crippen LogP contribution in [0.4, 0.5) is 13.2 Å². The van der Waals surface area contributed by atoms with Gasteiger partial charge in [0.1, 0.15) is 5.69 Å². The summed E-state index contributed by atoms with van der Waals surface area (Å²) in [5, 5.41) is 3.36. The molecule has 2 aromatic rings. The Labute approximate surface area is 122 Å². The second kappa shape index (κ2) is 5.35. The van der Waals surface area contributed by atoms with Crippen LogP contribution in [0.5, 0.6) is 0 Å². The fourth-order valence-electron chi connectivity index (χ4n) is 2.24. The van der Waals surface area contributed by atoms with Crippen molar-refractivity contribution in [3.8, 4) is 0 Å². The summed E-state index contributed by atoms with van der Waals surface area (Å²) in [5.74, 6) is -2.13. The minimum absolute atomic E-state index is 0.0400. The van der Waals surface area contributed by atoms with Crippen LogP contribution in [0, 0.1) is 0 Å². The lowest BCUT2D eigenvalue weighted by molar-refractivity contribution is -0.159. The quantitative estimate of drug-likeness (QED) is 0.835. The van der Waals surface area contributed by atoms with Crippen LogP contribution in [-0.4, -0.2) is 44.0 Å². The molecule has 0 N–H and O–H groups in total. The number of hydrogen-bond acceptors (Lipinski definition) is 6. The van der Waals surface area contributed by atoms with Gasteiger partial charge in [-0.1, -0.05) is 5.16 Å². The molecule has 0 bridgehead atoms. The first-order valence-corrected chi connectivity index (χ1v) is 6.41. The largest absolute Gasteiger partial charge is 0.471 e. The topological polar surface area (TPSA) is 85.0 Å². The van der Waals surface area contributed by atoms with Gasteiger partial charge in [0.2, 0.25) is 0 Å². The predicted molar refractivity (Wildman–Crippen MR) is 64.6 cm³/mol. The van der Waals surface area contributed by atoms with E-state index in [1.165, 1.54) is 23.5 Å². The molecule has 10 heteroatoms. The van der Waals surface area contributed by atoms with E-state index in [-0.39, 0.29) is 29.9 Å². The zero-order valence-electron chi connectivity index (χ0n) is 11.1. The van der Waals surface area contributed by atoms with Crippen LogP contribution in [0.2, 0.25) is 0 Å². The molecule has 1 saturated heterocycles. The van der Waals surface area contributed by atoms with E-state index in [1.54, 1.807) is 0 Å². The third kappa shape index (κ3) is 2.76. The molecule has 0 spiro atoms. The van der Waals surface area contributed by atoms with Gasteiger partial charge in [-0.05, 0) is 6.42 Å². The second-order valence-corrected chi connectivity index (χ2v) is 4.78. The first-order chi connectivity index (χ1) is 10.4. The average molecular weight is 313 g/mol. The van der Waals surface area contributed by atoms with E-state index in [0.29, 0.717) is 13.0 Å².